The van der Waals surface area contributed by atoms with Gasteiger partial charge in [-0.15, -0.1) is 0 Å². The molecule has 0 aliphatic carbocycles. The van der Waals surface area contributed by atoms with Crippen LogP contribution in [0.2, 0.25) is 0 Å². The van der Waals surface area contributed by atoms with Crippen LogP contribution in [0.1, 0.15) is 5.56 Å². The fourth-order valence-corrected chi connectivity index (χ4v) is 2.00. The van der Waals surface area contributed by atoms with Gasteiger partial charge in [0.1, 0.15) is 0 Å². The van der Waals surface area contributed by atoms with Crippen molar-refractivity contribution < 1.29 is 13.5 Å². The maximum atomic E-state index is 11.5. The molecule has 0 spiro atoms. The van der Waals surface area contributed by atoms with E-state index in [0.717, 1.165) is 0 Å². The first-order valence-electron chi connectivity index (χ1n) is 4.23. The van der Waals surface area contributed by atoms with Gasteiger partial charge < -0.3 is 5.11 Å². The topological polar surface area (TPSA) is 66.4 Å². The van der Waals surface area contributed by atoms with Crippen molar-refractivity contribution in [1.29, 1.82) is 0 Å². The van der Waals surface area contributed by atoms with Gasteiger partial charge in [0.2, 0.25) is 10.0 Å². The van der Waals surface area contributed by atoms with Gasteiger partial charge >= 0.3 is 0 Å². The second-order valence-corrected chi connectivity index (χ2v) is 4.54. The zero-order valence-electron chi connectivity index (χ0n) is 7.90. The first-order valence-corrected chi connectivity index (χ1v) is 5.72. The van der Waals surface area contributed by atoms with Crippen molar-refractivity contribution in [2.75, 3.05) is 13.2 Å². The van der Waals surface area contributed by atoms with Crippen molar-refractivity contribution in [1.82, 2.24) is 4.72 Å². The van der Waals surface area contributed by atoms with E-state index in [2.05, 4.69) is 10.6 Å². The summed E-state index contributed by atoms with van der Waals surface area (Å²) in [5.41, 5.74) is 0.510. The van der Waals surface area contributed by atoms with E-state index in [-0.39, 0.29) is 18.0 Å². The predicted octanol–water partition coefficient (Wildman–Crippen LogP) is -0.105. The summed E-state index contributed by atoms with van der Waals surface area (Å²) in [6.45, 7) is -0.258. The van der Waals surface area contributed by atoms with Gasteiger partial charge in [0.25, 0.3) is 0 Å². The van der Waals surface area contributed by atoms with E-state index in [1.807, 2.05) is 0 Å². The lowest BCUT2D eigenvalue weighted by Gasteiger charge is -2.04. The maximum absolute atomic E-state index is 11.5. The van der Waals surface area contributed by atoms with Crippen molar-refractivity contribution in [2.45, 2.75) is 4.90 Å². The quantitative estimate of drug-likeness (QED) is 0.702. The van der Waals surface area contributed by atoms with E-state index >= 15 is 0 Å². The van der Waals surface area contributed by atoms with Crippen LogP contribution in [0.15, 0.2) is 29.2 Å². The van der Waals surface area contributed by atoms with Gasteiger partial charge in [-0.1, -0.05) is 5.92 Å². The van der Waals surface area contributed by atoms with Crippen LogP contribution < -0.4 is 4.72 Å². The lowest BCUT2D eigenvalue weighted by Crippen LogP contribution is -2.26. The minimum atomic E-state index is -3.55. The summed E-state index contributed by atoms with van der Waals surface area (Å²) in [4.78, 5) is 0.106. The predicted molar refractivity (Wildman–Crippen MR) is 54.9 cm³/mol. The highest BCUT2D eigenvalue weighted by atomic mass is 32.2. The molecule has 1 aromatic rings. The first-order chi connectivity index (χ1) is 7.10. The number of hydrogen-bond donors (Lipinski definition) is 2. The van der Waals surface area contributed by atoms with E-state index in [1.54, 1.807) is 0 Å². The van der Waals surface area contributed by atoms with Crippen molar-refractivity contribution in [3.8, 4) is 5.92 Å². The molecule has 79 valence electrons. The van der Waals surface area contributed by atoms with Crippen LogP contribution in [0.25, 0.3) is 0 Å². The molecular formula is C10H10NO3S. The van der Waals surface area contributed by atoms with Crippen LogP contribution in [0, 0.1) is 12.3 Å². The number of benzene rings is 1. The molecule has 0 amide bonds. The normalized spacial score (nSPS) is 10.9. The summed E-state index contributed by atoms with van der Waals surface area (Å²) < 4.78 is 25.2. The Labute approximate surface area is 89.0 Å². The average Bonchev–Trinajstić information content (AvgIpc) is 2.26. The molecule has 0 saturated heterocycles. The molecular weight excluding hydrogens is 214 g/mol. The van der Waals surface area contributed by atoms with Crippen LogP contribution in [-0.2, 0) is 10.0 Å². The molecule has 1 aromatic carbocycles. The van der Waals surface area contributed by atoms with Gasteiger partial charge in [-0.05, 0) is 30.7 Å². The molecule has 0 aliphatic heterocycles. The standard InChI is InChI=1S/C10H10NO3S/c1-2-9-3-5-10(6-4-9)15(13,14)11-7-8-12/h3-6,11-12H,7-8H2. The van der Waals surface area contributed by atoms with E-state index in [0.29, 0.717) is 5.56 Å². The van der Waals surface area contributed by atoms with Gasteiger partial charge in [-0.3, -0.25) is 0 Å². The third-order valence-electron chi connectivity index (χ3n) is 1.71. The lowest BCUT2D eigenvalue weighted by atomic mass is 10.2. The zero-order chi connectivity index (χ0) is 11.3. The Morgan fingerprint density at radius 1 is 1.33 bits per heavy atom. The largest absolute Gasteiger partial charge is 0.395 e. The summed E-state index contributed by atoms with van der Waals surface area (Å²) in [5.74, 6) is 2.14. The number of sulfonamides is 1. The Bertz CT molecular complexity index is 456. The van der Waals surface area contributed by atoms with E-state index in [9.17, 15) is 8.42 Å². The zero-order valence-corrected chi connectivity index (χ0v) is 8.71. The molecule has 0 bridgehead atoms. The molecule has 0 fully saturated rings. The number of nitrogens with one attached hydrogen (secondary N) is 1. The van der Waals surface area contributed by atoms with Gasteiger partial charge in [-0.2, -0.15) is 0 Å². The van der Waals surface area contributed by atoms with E-state index < -0.39 is 10.0 Å². The molecule has 0 unspecified atom stereocenters. The number of hydrogen-bond acceptors (Lipinski definition) is 3. The first kappa shape index (κ1) is 11.7. The number of rotatable bonds is 4. The highest BCUT2D eigenvalue weighted by Crippen LogP contribution is 2.09. The summed E-state index contributed by atoms with van der Waals surface area (Å²) in [7, 11) is -3.55. The van der Waals surface area contributed by atoms with Crippen LogP contribution >= 0.6 is 0 Å². The van der Waals surface area contributed by atoms with E-state index in [4.69, 9.17) is 11.5 Å². The summed E-state index contributed by atoms with van der Waals surface area (Å²) in [6, 6.07) is 5.74. The fraction of sp³-hybridized carbons (Fsp3) is 0.200. The molecule has 15 heavy (non-hydrogen) atoms. The molecule has 4 nitrogen and oxygen atoms in total. The number of aliphatic hydroxyl groups excluding tert-OH is 1. The third kappa shape index (κ3) is 3.06. The molecule has 0 atom stereocenters. The molecule has 0 saturated carbocycles. The molecule has 1 radical (unpaired) electrons. The van der Waals surface area contributed by atoms with Crippen LogP contribution in [-0.4, -0.2) is 26.7 Å². The highest BCUT2D eigenvalue weighted by Gasteiger charge is 2.11. The average molecular weight is 224 g/mol. The fourth-order valence-electron chi connectivity index (χ4n) is 0.981. The molecule has 0 aliphatic rings. The minimum Gasteiger partial charge on any atom is -0.395 e. The molecule has 2 N–H and O–H groups in total. The smallest absolute Gasteiger partial charge is 0.240 e. The second-order valence-electron chi connectivity index (χ2n) is 2.77. The SMILES string of the molecule is [C]#Cc1ccc(S(=O)(=O)NCCO)cc1. The number of aliphatic hydroxyl groups is 1. The van der Waals surface area contributed by atoms with Gasteiger partial charge in [0.05, 0.1) is 11.5 Å². The summed E-state index contributed by atoms with van der Waals surface area (Å²) in [6.07, 6.45) is 6.83. The van der Waals surface area contributed by atoms with E-state index in [1.165, 1.54) is 24.3 Å². The van der Waals surface area contributed by atoms with Gasteiger partial charge in [-0.25, -0.2) is 13.1 Å². The van der Waals surface area contributed by atoms with Crippen molar-refractivity contribution >= 4 is 10.0 Å². The highest BCUT2D eigenvalue weighted by molar-refractivity contribution is 7.89. The molecule has 5 heteroatoms. The van der Waals surface area contributed by atoms with Crippen LogP contribution in [0.5, 0.6) is 0 Å². The van der Waals surface area contributed by atoms with Crippen molar-refractivity contribution in [2.24, 2.45) is 0 Å². The van der Waals surface area contributed by atoms with Gasteiger partial charge in [0.15, 0.2) is 0 Å². The Morgan fingerprint density at radius 3 is 2.40 bits per heavy atom. The summed E-state index contributed by atoms with van der Waals surface area (Å²) in [5, 5.41) is 8.50. The Kier molecular flexibility index (Phi) is 3.86. The molecule has 0 heterocycles. The second kappa shape index (κ2) is 4.94. The Morgan fingerprint density at radius 2 is 1.93 bits per heavy atom. The maximum Gasteiger partial charge on any atom is 0.240 e. The van der Waals surface area contributed by atoms with Crippen LogP contribution in [0.4, 0.5) is 0 Å². The van der Waals surface area contributed by atoms with Crippen LogP contribution in [0.3, 0.4) is 0 Å². The Hall–Kier alpha value is -1.35. The monoisotopic (exact) mass is 224 g/mol. The van der Waals surface area contributed by atoms with Crippen molar-refractivity contribution in [3.63, 3.8) is 0 Å². The lowest BCUT2D eigenvalue weighted by molar-refractivity contribution is 0.301. The minimum absolute atomic E-state index is 0.0131. The molecule has 1 rings (SSSR count). The summed E-state index contributed by atoms with van der Waals surface area (Å²) >= 11 is 0. The van der Waals surface area contributed by atoms with Crippen molar-refractivity contribution in [3.05, 3.63) is 36.3 Å². The van der Waals surface area contributed by atoms with Gasteiger partial charge in [0, 0.05) is 12.1 Å². The third-order valence-corrected chi connectivity index (χ3v) is 3.19. The molecule has 0 aromatic heterocycles. The Balaban J connectivity index is 2.92.